The zero-order valence-corrected chi connectivity index (χ0v) is 31.9. The highest BCUT2D eigenvalue weighted by Crippen LogP contribution is 2.40. The first-order valence-electron chi connectivity index (χ1n) is 19.1. The summed E-state index contributed by atoms with van der Waals surface area (Å²) in [5, 5.41) is 17.9. The lowest BCUT2D eigenvalue weighted by Crippen LogP contribution is -1.97. The summed E-state index contributed by atoms with van der Waals surface area (Å²) in [5.74, 6) is 0.188. The number of aromatic nitrogens is 1. The largest absolute Gasteiger partial charge is 0.309 e. The maximum Gasteiger partial charge on any atom is 0.151 e. The smallest absolute Gasteiger partial charge is 0.151 e. The summed E-state index contributed by atoms with van der Waals surface area (Å²) in [4.78, 5) is 7.75. The number of hydrogen-bond donors (Lipinski definition) is 1. The minimum Gasteiger partial charge on any atom is -0.309 e. The van der Waals surface area contributed by atoms with Crippen molar-refractivity contribution in [3.63, 3.8) is 0 Å². The number of para-hydroxylation sites is 2. The van der Waals surface area contributed by atoms with E-state index < -0.39 is 0 Å². The number of hydrogen-bond acceptors (Lipinski definition) is 2. The molecule has 1 heterocycles. The first-order valence-corrected chi connectivity index (χ1v) is 19.1. The highest BCUT2D eigenvalue weighted by molar-refractivity contribution is 6.30. The topological polar surface area (TPSA) is 53.5 Å². The van der Waals surface area contributed by atoms with Crippen molar-refractivity contribution in [1.29, 1.82) is 5.41 Å². The Bertz CT molecular complexity index is 3040. The third kappa shape index (κ3) is 7.37. The monoisotopic (exact) mass is 734 g/mol. The maximum absolute atomic E-state index is 8.57. The normalized spacial score (nSPS) is 10.8. The van der Waals surface area contributed by atoms with Gasteiger partial charge in [0.25, 0.3) is 0 Å². The van der Waals surface area contributed by atoms with E-state index in [4.69, 9.17) is 5.41 Å². The van der Waals surface area contributed by atoms with Crippen molar-refractivity contribution in [2.45, 2.75) is 13.5 Å². The molecular weight excluding hydrogens is 693 g/mol. The molecule has 0 aliphatic heterocycles. The molecule has 4 heteroatoms. The highest BCUT2D eigenvalue weighted by atomic mass is 15.0. The molecule has 0 unspecified atom stereocenters. The van der Waals surface area contributed by atoms with E-state index in [0.29, 0.717) is 0 Å². The van der Waals surface area contributed by atoms with Crippen LogP contribution in [0.2, 0.25) is 0 Å². The van der Waals surface area contributed by atoms with Crippen molar-refractivity contribution < 1.29 is 0 Å². The molecule has 4 nitrogen and oxygen atoms in total. The Morgan fingerprint density at radius 2 is 1.02 bits per heavy atom. The van der Waals surface area contributed by atoms with Crippen LogP contribution in [0.25, 0.3) is 70.9 Å². The summed E-state index contributed by atoms with van der Waals surface area (Å²) in [6, 6.07) is 67.6. The van der Waals surface area contributed by atoms with Crippen molar-refractivity contribution in [3.05, 3.63) is 211 Å². The Hall–Kier alpha value is -7.43. The Labute approximate surface area is 333 Å². The van der Waals surface area contributed by atoms with E-state index in [1.54, 1.807) is 0 Å². The SMILES string of the molecule is C=NC(=N)c1cccc2c3ccccc3c3ccc(-c4ccc5c(c4)c4ccccc4n5-c4ccccc4)cc3c12.C=NCc1ccccc1.Cc1ccccc1. The molecule has 0 bridgehead atoms. The fourth-order valence-corrected chi connectivity index (χ4v) is 7.72. The fraction of sp³-hybridized carbons (Fsp3) is 0.0377. The first-order chi connectivity index (χ1) is 28.1. The van der Waals surface area contributed by atoms with Gasteiger partial charge in [0, 0.05) is 27.4 Å². The predicted octanol–water partition coefficient (Wildman–Crippen LogP) is 13.8. The molecule has 0 saturated carbocycles. The molecule has 0 fully saturated rings. The number of benzene rings is 9. The molecule has 0 aliphatic carbocycles. The summed E-state index contributed by atoms with van der Waals surface area (Å²) in [6.45, 7) is 9.86. The highest BCUT2D eigenvalue weighted by Gasteiger charge is 2.16. The molecule has 1 aromatic heterocycles. The molecule has 0 saturated heterocycles. The Morgan fingerprint density at radius 1 is 0.491 bits per heavy atom. The maximum atomic E-state index is 8.57. The number of nitrogens with zero attached hydrogens (tertiary/aromatic N) is 3. The zero-order chi connectivity index (χ0) is 39.1. The fourth-order valence-electron chi connectivity index (χ4n) is 7.72. The number of aliphatic imine (C=N–C) groups is 2. The molecule has 57 heavy (non-hydrogen) atoms. The summed E-state index contributed by atoms with van der Waals surface area (Å²) >= 11 is 0. The van der Waals surface area contributed by atoms with Crippen molar-refractivity contribution in [3.8, 4) is 16.8 Å². The van der Waals surface area contributed by atoms with Gasteiger partial charge in [-0.1, -0.05) is 163 Å². The molecule has 0 aliphatic rings. The Kier molecular flexibility index (Phi) is 10.6. The molecule has 10 rings (SSSR count). The van der Waals surface area contributed by atoms with Gasteiger partial charge in [-0.3, -0.25) is 10.4 Å². The summed E-state index contributed by atoms with van der Waals surface area (Å²) in [5.41, 5.74) is 9.17. The van der Waals surface area contributed by atoms with E-state index in [9.17, 15) is 0 Å². The molecule has 0 radical (unpaired) electrons. The standard InChI is InChI=1S/C38H25N3.C8H9N.C7H8/c1-40-38(39)32-16-9-15-31-28-13-6-5-12-27(28)29-20-18-24(23-34(29)37(31)32)25-19-21-36-33(22-25)30-14-7-8-17-35(30)41(36)26-10-3-2-4-11-26;1-9-7-8-5-3-2-4-6-8;1-7-5-3-2-4-6-7/h2-23,39H,1H2;2-6H,1,7H2;2-6H,1H3. The van der Waals surface area contributed by atoms with Gasteiger partial charge in [-0.05, 0) is 100 Å². The molecule has 9 aromatic carbocycles. The average molecular weight is 735 g/mol. The van der Waals surface area contributed by atoms with Gasteiger partial charge in [-0.2, -0.15) is 0 Å². The van der Waals surface area contributed by atoms with Crippen LogP contribution in [0, 0.1) is 12.3 Å². The van der Waals surface area contributed by atoms with E-state index in [-0.39, 0.29) is 5.84 Å². The van der Waals surface area contributed by atoms with Crippen LogP contribution < -0.4 is 0 Å². The second-order valence-electron chi connectivity index (χ2n) is 14.0. The van der Waals surface area contributed by atoms with Gasteiger partial charge >= 0.3 is 0 Å². The average Bonchev–Trinajstić information content (AvgIpc) is 3.61. The lowest BCUT2D eigenvalue weighted by Gasteiger charge is -2.15. The number of nitrogens with one attached hydrogen (secondary N) is 1. The molecule has 10 aromatic rings. The zero-order valence-electron chi connectivity index (χ0n) is 31.9. The molecule has 0 amide bonds. The van der Waals surface area contributed by atoms with E-state index in [1.807, 2.05) is 60.7 Å². The van der Waals surface area contributed by atoms with Crippen molar-refractivity contribution in [1.82, 2.24) is 4.57 Å². The summed E-state index contributed by atoms with van der Waals surface area (Å²) < 4.78 is 2.34. The van der Waals surface area contributed by atoms with Crippen molar-refractivity contribution >= 4 is 73.4 Å². The van der Waals surface area contributed by atoms with Gasteiger partial charge in [0.15, 0.2) is 5.84 Å². The van der Waals surface area contributed by atoms with Crippen LogP contribution >= 0.6 is 0 Å². The van der Waals surface area contributed by atoms with Gasteiger partial charge in [-0.15, -0.1) is 0 Å². The predicted molar refractivity (Wildman–Crippen MR) is 246 cm³/mol. The van der Waals surface area contributed by atoms with Gasteiger partial charge < -0.3 is 4.57 Å². The van der Waals surface area contributed by atoms with Crippen LogP contribution in [-0.4, -0.2) is 23.8 Å². The lowest BCUT2D eigenvalue weighted by atomic mass is 9.89. The lowest BCUT2D eigenvalue weighted by molar-refractivity contribution is 1.08. The molecule has 274 valence electrons. The van der Waals surface area contributed by atoms with Crippen molar-refractivity contribution in [2.75, 3.05) is 0 Å². The van der Waals surface area contributed by atoms with Gasteiger partial charge in [0.05, 0.1) is 17.6 Å². The number of rotatable bonds is 5. The number of fused-ring (bicyclic) bond motifs is 9. The van der Waals surface area contributed by atoms with E-state index in [2.05, 4.69) is 168 Å². The minimum atomic E-state index is 0.188. The molecule has 1 N–H and O–H groups in total. The molecule has 0 atom stereocenters. The van der Waals surface area contributed by atoms with Crippen LogP contribution in [0.5, 0.6) is 0 Å². The first kappa shape index (κ1) is 36.5. The Morgan fingerprint density at radius 3 is 1.67 bits per heavy atom. The van der Waals surface area contributed by atoms with Crippen LogP contribution in [0.3, 0.4) is 0 Å². The van der Waals surface area contributed by atoms with Gasteiger partial charge in [-0.25, -0.2) is 4.99 Å². The number of amidine groups is 1. The van der Waals surface area contributed by atoms with E-state index in [1.165, 1.54) is 49.1 Å². The van der Waals surface area contributed by atoms with E-state index in [0.717, 1.165) is 45.1 Å². The van der Waals surface area contributed by atoms with Gasteiger partial charge in [0.1, 0.15) is 0 Å². The van der Waals surface area contributed by atoms with Gasteiger partial charge in [0.2, 0.25) is 0 Å². The van der Waals surface area contributed by atoms with Crippen LogP contribution in [0.4, 0.5) is 0 Å². The molecular formula is C53H42N4. The second kappa shape index (κ2) is 16.5. The molecule has 0 spiro atoms. The quantitative estimate of drug-likeness (QED) is 0.104. The minimum absolute atomic E-state index is 0.188. The van der Waals surface area contributed by atoms with Crippen molar-refractivity contribution in [2.24, 2.45) is 9.98 Å². The van der Waals surface area contributed by atoms with Crippen LogP contribution in [0.1, 0.15) is 16.7 Å². The van der Waals surface area contributed by atoms with Crippen LogP contribution in [0.15, 0.2) is 204 Å². The number of aryl methyl sites for hydroxylation is 1. The Balaban J connectivity index is 0.000000237. The summed E-state index contributed by atoms with van der Waals surface area (Å²) in [6.07, 6.45) is 0. The third-order valence-corrected chi connectivity index (χ3v) is 10.4. The second-order valence-corrected chi connectivity index (χ2v) is 14.0. The summed E-state index contributed by atoms with van der Waals surface area (Å²) in [7, 11) is 0. The van der Waals surface area contributed by atoms with Crippen LogP contribution in [-0.2, 0) is 6.54 Å². The third-order valence-electron chi connectivity index (χ3n) is 10.4. The van der Waals surface area contributed by atoms with E-state index >= 15 is 0 Å².